The number of hydrogen-bond donors (Lipinski definition) is 9. The zero-order valence-electron chi connectivity index (χ0n) is 57.9. The second kappa shape index (κ2) is 35.0. The van der Waals surface area contributed by atoms with E-state index in [0.29, 0.717) is 82.7 Å². The van der Waals surface area contributed by atoms with E-state index >= 15 is 0 Å². The summed E-state index contributed by atoms with van der Waals surface area (Å²) in [5.74, 6) is 0.920. The number of hydrogen-bond acceptors (Lipinski definition) is 11. The molecule has 0 radical (unpaired) electrons. The van der Waals surface area contributed by atoms with Gasteiger partial charge in [-0.25, -0.2) is 15.0 Å². The first-order chi connectivity index (χ1) is 52.8. The number of halogens is 6. The van der Waals surface area contributed by atoms with Gasteiger partial charge >= 0.3 is 0 Å². The van der Waals surface area contributed by atoms with Crippen molar-refractivity contribution in [3.8, 4) is 34.2 Å². The molecule has 15 rings (SSSR count). The minimum Gasteiger partial charge on any atom is -0.338 e. The Kier molecular flexibility index (Phi) is 24.5. The van der Waals surface area contributed by atoms with Gasteiger partial charge < -0.3 is 46.9 Å². The van der Waals surface area contributed by atoms with Crippen LogP contribution >= 0.6 is 93.1 Å². The van der Waals surface area contributed by atoms with E-state index in [2.05, 4.69) is 61.8 Å². The molecular formula is C83H64Cl6N12O6S2. The molecule has 1 aliphatic rings. The van der Waals surface area contributed by atoms with Crippen LogP contribution in [-0.2, 0) is 4.79 Å². The topological polar surface area (TPSA) is 261 Å². The average Bonchev–Trinajstić information content (AvgIpc) is 1.68. The lowest BCUT2D eigenvalue weighted by Crippen LogP contribution is -2.24. The summed E-state index contributed by atoms with van der Waals surface area (Å²) >= 11 is 39.5. The van der Waals surface area contributed by atoms with E-state index in [1.54, 1.807) is 102 Å². The highest BCUT2D eigenvalue weighted by Gasteiger charge is 2.23. The van der Waals surface area contributed by atoms with Crippen LogP contribution in [0.5, 0.6) is 0 Å². The molecule has 0 spiro atoms. The first-order valence-electron chi connectivity index (χ1n) is 34.1. The molecule has 1 fully saturated rings. The van der Waals surface area contributed by atoms with E-state index in [9.17, 15) is 28.8 Å². The van der Waals surface area contributed by atoms with Gasteiger partial charge in [-0.1, -0.05) is 101 Å². The molecule has 546 valence electrons. The standard InChI is InChI=1S/C29H24N4O2S2.C27H16Cl4N4O2.C27H24Cl2N4O2/c1-36-23-12-5-19(6-13-23)28(34)30-21-9-3-18(4-10-21)27-32-25-16-11-22(17-26(25)33-27)31-29(35)20-7-14-24(37-2)15-8-20;28-19-5-1-3-17(23(19)30)26(36)32-15-9-7-14(8-10-15)25-34-21-12-11-16(13-22(21)35-25)33-27(37)18-4-2-6-20(29)24(18)31;28-21-12-8-18(14-22(21)29)27(35)30-19-9-6-16(7-10-19)25-32-23-13-11-20(15-24(23)33-25)31-26(34)17-4-2-1-3-5-17/h3-17H,1-2H3,(H,30,34)(H,31,35)(H,32,33);1-13H,(H,32,36)(H,33,37)(H,34,35);6-15,17H,1-5H2,(H,30,35)(H,31,34)(H,32,33). The minimum atomic E-state index is -0.372. The lowest BCUT2D eigenvalue weighted by Gasteiger charge is -2.20. The number of thioether (sulfide) groups is 2. The van der Waals surface area contributed by atoms with Gasteiger partial charge in [0.1, 0.15) is 17.5 Å². The van der Waals surface area contributed by atoms with Crippen LogP contribution in [0.2, 0.25) is 30.1 Å². The fraction of sp³-hybridized carbons (Fsp3) is 0.0964. The van der Waals surface area contributed by atoms with Crippen molar-refractivity contribution in [2.75, 3.05) is 44.4 Å². The molecule has 0 unspecified atom stereocenters. The Labute approximate surface area is 664 Å². The van der Waals surface area contributed by atoms with E-state index in [1.807, 2.05) is 158 Å². The lowest BCUT2D eigenvalue weighted by molar-refractivity contribution is -0.120. The van der Waals surface area contributed by atoms with Crippen molar-refractivity contribution in [2.24, 2.45) is 5.92 Å². The fourth-order valence-electron chi connectivity index (χ4n) is 11.9. The molecule has 3 aromatic heterocycles. The number of nitrogens with one attached hydrogen (secondary N) is 9. The maximum Gasteiger partial charge on any atom is 0.257 e. The van der Waals surface area contributed by atoms with Crippen LogP contribution in [0.4, 0.5) is 34.1 Å². The van der Waals surface area contributed by atoms with Crippen molar-refractivity contribution in [1.29, 1.82) is 0 Å². The molecule has 0 aliphatic heterocycles. The number of rotatable bonds is 17. The van der Waals surface area contributed by atoms with Gasteiger partial charge in [-0.15, -0.1) is 23.5 Å². The summed E-state index contributed by atoms with van der Waals surface area (Å²) < 4.78 is 0. The molecule has 18 nitrogen and oxygen atoms in total. The number of imidazole rings is 3. The predicted molar refractivity (Wildman–Crippen MR) is 445 cm³/mol. The van der Waals surface area contributed by atoms with Gasteiger partial charge in [-0.3, -0.25) is 28.8 Å². The monoisotopic (exact) mass is 1600 g/mol. The number of aromatic nitrogens is 6. The summed E-state index contributed by atoms with van der Waals surface area (Å²) in [6.45, 7) is 0. The van der Waals surface area contributed by atoms with Gasteiger partial charge in [0, 0.05) is 83.2 Å². The molecule has 14 aromatic rings. The molecule has 0 atom stereocenters. The maximum absolute atomic E-state index is 12.7. The SMILES string of the molecule is CSc1ccc(C(=O)Nc2ccc(-c3nc4ccc(NC(=O)c5ccc(SC)cc5)cc4[nH]3)cc2)cc1.O=C(Nc1ccc(-c2nc3ccc(NC(=O)C4CCCCC4)cc3[nH]2)cc1)c1ccc(Cl)c(Cl)c1.O=C(Nc1ccc(-c2nc3ccc(NC(=O)c4cccc(Cl)c4Cl)cc3[nH]2)cc1)c1cccc(Cl)c1Cl. The Hall–Kier alpha value is -10.9. The number of carbonyl (C=O) groups is 6. The van der Waals surface area contributed by atoms with Gasteiger partial charge in [-0.2, -0.15) is 0 Å². The molecule has 1 saturated carbocycles. The predicted octanol–water partition coefficient (Wildman–Crippen LogP) is 22.8. The molecule has 6 amide bonds. The molecule has 0 bridgehead atoms. The Bertz CT molecular complexity index is 5740. The highest BCUT2D eigenvalue weighted by atomic mass is 35.5. The number of H-pyrrole nitrogens is 3. The van der Waals surface area contributed by atoms with Crippen LogP contribution in [0.3, 0.4) is 0 Å². The molecule has 3 heterocycles. The average molecular weight is 1600 g/mol. The quantitative estimate of drug-likeness (QED) is 0.0387. The van der Waals surface area contributed by atoms with E-state index in [4.69, 9.17) is 69.6 Å². The van der Waals surface area contributed by atoms with Gasteiger partial charge in [0.2, 0.25) is 5.91 Å². The Morgan fingerprint density at radius 1 is 0.339 bits per heavy atom. The summed E-state index contributed by atoms with van der Waals surface area (Å²) in [7, 11) is 0. The third-order valence-electron chi connectivity index (χ3n) is 17.7. The molecule has 9 N–H and O–H groups in total. The van der Waals surface area contributed by atoms with Crippen molar-refractivity contribution < 1.29 is 28.8 Å². The number of amides is 6. The lowest BCUT2D eigenvalue weighted by atomic mass is 9.88. The van der Waals surface area contributed by atoms with Crippen LogP contribution < -0.4 is 31.9 Å². The number of carbonyl (C=O) groups excluding carboxylic acids is 6. The summed E-state index contributed by atoms with van der Waals surface area (Å²) in [6.07, 6.45) is 9.40. The number of fused-ring (bicyclic) bond motifs is 3. The van der Waals surface area contributed by atoms with Gasteiger partial charge in [0.05, 0.1) is 74.4 Å². The smallest absolute Gasteiger partial charge is 0.257 e. The summed E-state index contributed by atoms with van der Waals surface area (Å²) in [5.41, 5.74) is 13.5. The van der Waals surface area contributed by atoms with E-state index in [0.717, 1.165) is 91.0 Å². The first-order valence-corrected chi connectivity index (χ1v) is 38.8. The number of anilines is 6. The van der Waals surface area contributed by atoms with E-state index in [-0.39, 0.29) is 62.5 Å². The largest absolute Gasteiger partial charge is 0.338 e. The van der Waals surface area contributed by atoms with E-state index < -0.39 is 0 Å². The molecule has 26 heteroatoms. The number of aromatic amines is 3. The van der Waals surface area contributed by atoms with E-state index in [1.165, 1.54) is 12.5 Å². The third-order valence-corrected chi connectivity index (χ3v) is 21.6. The Morgan fingerprint density at radius 3 is 1.06 bits per heavy atom. The zero-order chi connectivity index (χ0) is 76.2. The van der Waals surface area contributed by atoms with Crippen molar-refractivity contribution in [3.05, 3.63) is 288 Å². The second-order valence-corrected chi connectivity index (χ2v) is 29.2. The Morgan fingerprint density at radius 2 is 0.679 bits per heavy atom. The molecular weight excluding hydrogens is 1540 g/mol. The van der Waals surface area contributed by atoms with Gasteiger partial charge in [0.15, 0.2) is 0 Å². The van der Waals surface area contributed by atoms with Crippen molar-refractivity contribution >= 4 is 196 Å². The summed E-state index contributed by atoms with van der Waals surface area (Å²) in [4.78, 5) is 102. The Balaban J connectivity index is 0.000000144. The number of benzene rings is 11. The normalized spacial score (nSPS) is 11.9. The highest BCUT2D eigenvalue weighted by Crippen LogP contribution is 2.34. The fourth-order valence-corrected chi connectivity index (χ4v) is 13.8. The summed E-state index contributed by atoms with van der Waals surface area (Å²) in [6, 6.07) is 68.3. The van der Waals surface area contributed by atoms with Crippen LogP contribution in [0.15, 0.2) is 240 Å². The van der Waals surface area contributed by atoms with Crippen molar-refractivity contribution in [1.82, 2.24) is 29.9 Å². The molecule has 11 aromatic carbocycles. The molecule has 1 aliphatic carbocycles. The highest BCUT2D eigenvalue weighted by molar-refractivity contribution is 7.98. The van der Waals surface area contributed by atoms with Crippen LogP contribution in [0.1, 0.15) is 83.9 Å². The maximum atomic E-state index is 12.7. The third kappa shape index (κ3) is 19.0. The molecule has 0 saturated heterocycles. The zero-order valence-corrected chi connectivity index (χ0v) is 64.1. The van der Waals surface area contributed by atoms with Gasteiger partial charge in [0.25, 0.3) is 29.5 Å². The minimum absolute atomic E-state index is 0.0993. The van der Waals surface area contributed by atoms with Crippen molar-refractivity contribution in [3.63, 3.8) is 0 Å². The summed E-state index contributed by atoms with van der Waals surface area (Å²) in [5, 5.41) is 19.2. The van der Waals surface area contributed by atoms with Gasteiger partial charge in [-0.05, 0) is 244 Å². The second-order valence-electron chi connectivity index (χ2n) is 25.1. The molecule has 109 heavy (non-hydrogen) atoms. The van der Waals surface area contributed by atoms with Crippen LogP contribution in [0.25, 0.3) is 67.3 Å². The first kappa shape index (κ1) is 76.3. The van der Waals surface area contributed by atoms with Crippen LogP contribution in [-0.4, -0.2) is 77.9 Å². The van der Waals surface area contributed by atoms with Crippen molar-refractivity contribution in [2.45, 2.75) is 41.9 Å². The van der Waals surface area contributed by atoms with Crippen LogP contribution in [0, 0.1) is 5.92 Å². The number of nitrogens with zero attached hydrogens (tertiary/aromatic N) is 3.